The second-order valence-electron chi connectivity index (χ2n) is 3.37. The monoisotopic (exact) mass is 216 g/mol. The number of rotatable bonds is 8. The van der Waals surface area contributed by atoms with E-state index in [2.05, 4.69) is 0 Å². The van der Waals surface area contributed by atoms with E-state index in [1.54, 1.807) is 0 Å². The van der Waals surface area contributed by atoms with Gasteiger partial charge >= 0.3 is 11.9 Å². The summed E-state index contributed by atoms with van der Waals surface area (Å²) in [5.41, 5.74) is 0. The van der Waals surface area contributed by atoms with E-state index in [1.165, 1.54) is 6.92 Å². The van der Waals surface area contributed by atoms with Crippen molar-refractivity contribution in [3.63, 3.8) is 0 Å². The van der Waals surface area contributed by atoms with Crippen molar-refractivity contribution in [1.29, 1.82) is 0 Å². The van der Waals surface area contributed by atoms with E-state index in [4.69, 9.17) is 9.47 Å². The van der Waals surface area contributed by atoms with Crippen molar-refractivity contribution in [3.8, 4) is 0 Å². The van der Waals surface area contributed by atoms with Crippen molar-refractivity contribution in [3.05, 3.63) is 0 Å². The molecular weight excluding hydrogens is 196 g/mol. The number of unbranched alkanes of at least 4 members (excludes halogenated alkanes) is 2. The summed E-state index contributed by atoms with van der Waals surface area (Å²) in [6, 6.07) is 0. The van der Waals surface area contributed by atoms with Gasteiger partial charge in [-0.05, 0) is 25.7 Å². The Hall–Kier alpha value is -1.06. The van der Waals surface area contributed by atoms with E-state index in [-0.39, 0.29) is 11.9 Å². The largest absolute Gasteiger partial charge is 0.466 e. The molecule has 88 valence electrons. The number of hydrogen-bond acceptors (Lipinski definition) is 4. The molecule has 0 N–H and O–H groups in total. The molecule has 0 saturated heterocycles. The summed E-state index contributed by atoms with van der Waals surface area (Å²) in [4.78, 5) is 21.3. The van der Waals surface area contributed by atoms with E-state index in [9.17, 15) is 9.59 Å². The predicted molar refractivity (Wildman–Crippen MR) is 56.4 cm³/mol. The second-order valence-corrected chi connectivity index (χ2v) is 3.37. The zero-order valence-electron chi connectivity index (χ0n) is 9.58. The molecule has 0 heterocycles. The highest BCUT2D eigenvalue weighted by atomic mass is 16.5. The average molecular weight is 216 g/mol. The minimum absolute atomic E-state index is 0.127. The van der Waals surface area contributed by atoms with Gasteiger partial charge in [0, 0.05) is 13.3 Å². The Morgan fingerprint density at radius 2 is 1.60 bits per heavy atom. The molecule has 0 aromatic rings. The van der Waals surface area contributed by atoms with Crippen molar-refractivity contribution in [2.45, 2.75) is 46.0 Å². The van der Waals surface area contributed by atoms with Crippen LogP contribution in [0.1, 0.15) is 46.0 Å². The maximum atomic E-state index is 10.9. The quantitative estimate of drug-likeness (QED) is 0.460. The van der Waals surface area contributed by atoms with Gasteiger partial charge in [-0.1, -0.05) is 6.92 Å². The molecule has 15 heavy (non-hydrogen) atoms. The fourth-order valence-electron chi connectivity index (χ4n) is 1.06. The van der Waals surface area contributed by atoms with Crippen molar-refractivity contribution < 1.29 is 19.1 Å². The molecule has 0 amide bonds. The van der Waals surface area contributed by atoms with Crippen molar-refractivity contribution in [2.75, 3.05) is 13.2 Å². The maximum Gasteiger partial charge on any atom is 0.305 e. The number of esters is 2. The minimum Gasteiger partial charge on any atom is -0.466 e. The first-order chi connectivity index (χ1) is 7.16. The zero-order valence-corrected chi connectivity index (χ0v) is 9.58. The predicted octanol–water partition coefficient (Wildman–Crippen LogP) is 2.06. The Bertz CT molecular complexity index is 189. The molecular formula is C11H20O4. The number of carbonyl (C=O) groups is 2. The maximum absolute atomic E-state index is 10.9. The first-order valence-corrected chi connectivity index (χ1v) is 5.45. The van der Waals surface area contributed by atoms with Crippen molar-refractivity contribution in [2.24, 2.45) is 0 Å². The molecule has 0 bridgehead atoms. The van der Waals surface area contributed by atoms with Crippen LogP contribution in [-0.2, 0) is 19.1 Å². The highest BCUT2D eigenvalue weighted by molar-refractivity contribution is 5.69. The van der Waals surface area contributed by atoms with Crippen LogP contribution in [-0.4, -0.2) is 25.2 Å². The second kappa shape index (κ2) is 9.49. The Labute approximate surface area is 90.9 Å². The van der Waals surface area contributed by atoms with Crippen molar-refractivity contribution in [1.82, 2.24) is 0 Å². The normalized spacial score (nSPS) is 9.73. The van der Waals surface area contributed by atoms with E-state index in [0.29, 0.717) is 19.6 Å². The van der Waals surface area contributed by atoms with Crippen LogP contribution in [0, 0.1) is 0 Å². The van der Waals surface area contributed by atoms with Crippen LogP contribution < -0.4 is 0 Å². The highest BCUT2D eigenvalue weighted by Gasteiger charge is 1.99. The molecule has 0 aliphatic carbocycles. The first-order valence-electron chi connectivity index (χ1n) is 5.45. The lowest BCUT2D eigenvalue weighted by Gasteiger charge is -2.04. The van der Waals surface area contributed by atoms with E-state index in [0.717, 1.165) is 25.7 Å². The lowest BCUT2D eigenvalue weighted by atomic mass is 10.2. The van der Waals surface area contributed by atoms with Crippen LogP contribution in [0.15, 0.2) is 0 Å². The van der Waals surface area contributed by atoms with Crippen LogP contribution in [0.5, 0.6) is 0 Å². The fraction of sp³-hybridized carbons (Fsp3) is 0.818. The van der Waals surface area contributed by atoms with Gasteiger partial charge < -0.3 is 9.47 Å². The third-order valence-corrected chi connectivity index (χ3v) is 1.81. The number of carbonyl (C=O) groups excluding carboxylic acids is 2. The average Bonchev–Trinajstić information content (AvgIpc) is 2.16. The highest BCUT2D eigenvalue weighted by Crippen LogP contribution is 1.98. The third kappa shape index (κ3) is 10.9. The summed E-state index contributed by atoms with van der Waals surface area (Å²) in [5, 5.41) is 0. The van der Waals surface area contributed by atoms with Gasteiger partial charge in [-0.2, -0.15) is 0 Å². The van der Waals surface area contributed by atoms with Crippen LogP contribution in [0.25, 0.3) is 0 Å². The lowest BCUT2D eigenvalue weighted by molar-refractivity contribution is -0.143. The van der Waals surface area contributed by atoms with Gasteiger partial charge in [0.1, 0.15) is 0 Å². The summed E-state index contributed by atoms with van der Waals surface area (Å²) in [6.07, 6.45) is 3.88. The molecule has 0 radical (unpaired) electrons. The molecule has 0 aliphatic heterocycles. The van der Waals surface area contributed by atoms with Crippen LogP contribution in [0.4, 0.5) is 0 Å². The smallest absolute Gasteiger partial charge is 0.305 e. The Morgan fingerprint density at radius 1 is 1.00 bits per heavy atom. The van der Waals surface area contributed by atoms with Crippen LogP contribution in [0.3, 0.4) is 0 Å². The number of hydrogen-bond donors (Lipinski definition) is 0. The minimum atomic E-state index is -0.246. The standard InChI is InChI=1S/C11H20O4/c1-3-7-11(13)15-9-6-4-5-8-14-10(2)12/h3-9H2,1-2H3. The topological polar surface area (TPSA) is 52.6 Å². The van der Waals surface area contributed by atoms with Gasteiger partial charge in [-0.15, -0.1) is 0 Å². The van der Waals surface area contributed by atoms with Gasteiger partial charge in [0.05, 0.1) is 13.2 Å². The third-order valence-electron chi connectivity index (χ3n) is 1.81. The Morgan fingerprint density at radius 3 is 2.13 bits per heavy atom. The van der Waals surface area contributed by atoms with Gasteiger partial charge in [0.15, 0.2) is 0 Å². The molecule has 4 nitrogen and oxygen atoms in total. The van der Waals surface area contributed by atoms with Crippen LogP contribution >= 0.6 is 0 Å². The summed E-state index contributed by atoms with van der Waals surface area (Å²) in [7, 11) is 0. The summed E-state index contributed by atoms with van der Waals surface area (Å²) in [5.74, 6) is -0.373. The first kappa shape index (κ1) is 13.9. The lowest BCUT2D eigenvalue weighted by Crippen LogP contribution is -2.05. The number of ether oxygens (including phenoxy) is 2. The van der Waals surface area contributed by atoms with E-state index in [1.807, 2.05) is 6.92 Å². The van der Waals surface area contributed by atoms with E-state index >= 15 is 0 Å². The van der Waals surface area contributed by atoms with E-state index < -0.39 is 0 Å². The summed E-state index contributed by atoms with van der Waals surface area (Å²) < 4.78 is 9.72. The van der Waals surface area contributed by atoms with Gasteiger partial charge in [-0.25, -0.2) is 0 Å². The van der Waals surface area contributed by atoms with Crippen molar-refractivity contribution >= 4 is 11.9 Å². The van der Waals surface area contributed by atoms with Gasteiger partial charge in [0.2, 0.25) is 0 Å². The molecule has 0 rings (SSSR count). The molecule has 0 unspecified atom stereocenters. The van der Waals surface area contributed by atoms with Gasteiger partial charge in [0.25, 0.3) is 0 Å². The summed E-state index contributed by atoms with van der Waals surface area (Å²) in [6.45, 7) is 4.27. The zero-order chi connectivity index (χ0) is 11.5. The summed E-state index contributed by atoms with van der Waals surface area (Å²) >= 11 is 0. The molecule has 0 atom stereocenters. The Balaban J connectivity index is 3.11. The molecule has 0 fully saturated rings. The molecule has 4 heteroatoms. The molecule has 0 aromatic carbocycles. The van der Waals surface area contributed by atoms with Gasteiger partial charge in [-0.3, -0.25) is 9.59 Å². The SMILES string of the molecule is CCCC(=O)OCCCCCOC(C)=O. The molecule has 0 aliphatic rings. The van der Waals surface area contributed by atoms with Crippen LogP contribution in [0.2, 0.25) is 0 Å². The Kier molecular flexibility index (Phi) is 8.82. The molecule has 0 spiro atoms. The molecule has 0 aromatic heterocycles. The molecule has 0 saturated carbocycles. The fourth-order valence-corrected chi connectivity index (χ4v) is 1.06.